The molecule has 7 heteroatoms. The van der Waals surface area contributed by atoms with Gasteiger partial charge in [0.15, 0.2) is 0 Å². The normalized spacial score (nSPS) is 18.5. The van der Waals surface area contributed by atoms with Crippen molar-refractivity contribution in [2.75, 3.05) is 24.5 Å². The molecule has 2 aromatic heterocycles. The van der Waals surface area contributed by atoms with Crippen molar-refractivity contribution in [2.45, 2.75) is 45.1 Å². The number of anilines is 1. The highest BCUT2D eigenvalue weighted by molar-refractivity contribution is 7.16. The zero-order valence-corrected chi connectivity index (χ0v) is 15.8. The molecule has 3 N–H and O–H groups in total. The number of nitrogens with zero attached hydrogens (tertiary/aromatic N) is 3. The Morgan fingerprint density at radius 2 is 2.24 bits per heavy atom. The van der Waals surface area contributed by atoms with Gasteiger partial charge in [0.2, 0.25) is 5.91 Å². The maximum Gasteiger partial charge on any atom is 0.225 e. The third-order valence-corrected chi connectivity index (χ3v) is 6.29. The van der Waals surface area contributed by atoms with Gasteiger partial charge in [-0.3, -0.25) is 4.79 Å². The molecule has 1 atom stereocenters. The molecule has 2 aromatic rings. The Hall–Kier alpha value is -1.73. The van der Waals surface area contributed by atoms with E-state index in [-0.39, 0.29) is 17.4 Å². The molecule has 1 unspecified atom stereocenters. The van der Waals surface area contributed by atoms with Gasteiger partial charge in [-0.25, -0.2) is 9.97 Å². The number of carbonyl (C=O) groups excluding carboxylic acids is 1. The van der Waals surface area contributed by atoms with E-state index >= 15 is 0 Å². The van der Waals surface area contributed by atoms with Gasteiger partial charge in [0, 0.05) is 19.6 Å². The Labute approximate surface area is 152 Å². The number of aromatic nitrogens is 2. The second-order valence-corrected chi connectivity index (χ2v) is 7.70. The summed E-state index contributed by atoms with van der Waals surface area (Å²) in [5.74, 6) is 1.04. The highest BCUT2D eigenvalue weighted by atomic mass is 32.1. The lowest BCUT2D eigenvalue weighted by molar-refractivity contribution is -0.127. The van der Waals surface area contributed by atoms with E-state index in [1.807, 2.05) is 5.38 Å². The number of piperidine rings is 1. The Morgan fingerprint density at radius 1 is 1.44 bits per heavy atom. The van der Waals surface area contributed by atoms with Crippen molar-refractivity contribution >= 4 is 33.3 Å². The van der Waals surface area contributed by atoms with Crippen LogP contribution in [0, 0.1) is 5.92 Å². The molecule has 0 bridgehead atoms. The van der Waals surface area contributed by atoms with E-state index in [9.17, 15) is 4.79 Å². The topological polar surface area (TPSA) is 84.1 Å². The van der Waals surface area contributed by atoms with Gasteiger partial charge >= 0.3 is 0 Å². The molecule has 136 valence electrons. The molecule has 1 aliphatic heterocycles. The summed E-state index contributed by atoms with van der Waals surface area (Å²) in [6.07, 6.45) is 5.22. The van der Waals surface area contributed by atoms with E-state index in [2.05, 4.69) is 40.1 Å². The highest BCUT2D eigenvalue weighted by Gasteiger charge is 2.32. The molecule has 0 aromatic carbocycles. The second-order valence-electron chi connectivity index (χ2n) is 6.80. The van der Waals surface area contributed by atoms with Gasteiger partial charge in [0.1, 0.15) is 17.0 Å². The summed E-state index contributed by atoms with van der Waals surface area (Å²) in [7, 11) is 0. The number of fused-ring (bicyclic) bond motifs is 1. The predicted molar refractivity (Wildman–Crippen MR) is 103 cm³/mol. The number of thiophene rings is 1. The fourth-order valence-corrected chi connectivity index (χ4v) is 4.27. The average Bonchev–Trinajstić information content (AvgIpc) is 3.15. The lowest BCUT2D eigenvalue weighted by Crippen LogP contribution is -2.56. The van der Waals surface area contributed by atoms with Crippen LogP contribution in [0.1, 0.15) is 39.5 Å². The van der Waals surface area contributed by atoms with Crippen molar-refractivity contribution in [3.8, 4) is 0 Å². The van der Waals surface area contributed by atoms with Crippen LogP contribution in [0.5, 0.6) is 0 Å². The molecular weight excluding hydrogens is 334 g/mol. The van der Waals surface area contributed by atoms with E-state index in [4.69, 9.17) is 5.73 Å². The van der Waals surface area contributed by atoms with Crippen molar-refractivity contribution in [3.05, 3.63) is 17.8 Å². The number of hydrogen-bond acceptors (Lipinski definition) is 6. The summed E-state index contributed by atoms with van der Waals surface area (Å²) in [6, 6.07) is 2.06. The lowest BCUT2D eigenvalue weighted by Gasteiger charge is -2.37. The SMILES string of the molecule is CCC(CC)(CN)NC(=O)C1CCCN(c2ncnc3sccc23)C1. The summed E-state index contributed by atoms with van der Waals surface area (Å²) in [4.78, 5) is 24.9. The molecular formula is C18H27N5OS. The zero-order valence-electron chi connectivity index (χ0n) is 15.0. The van der Waals surface area contributed by atoms with E-state index in [1.165, 1.54) is 0 Å². The molecule has 3 rings (SSSR count). The van der Waals surface area contributed by atoms with Gasteiger partial charge < -0.3 is 16.0 Å². The maximum absolute atomic E-state index is 12.9. The van der Waals surface area contributed by atoms with Crippen LogP contribution in [-0.2, 0) is 4.79 Å². The third kappa shape index (κ3) is 3.62. The minimum absolute atomic E-state index is 0.0265. The van der Waals surface area contributed by atoms with E-state index in [0.29, 0.717) is 13.1 Å². The monoisotopic (exact) mass is 361 g/mol. The summed E-state index contributed by atoms with van der Waals surface area (Å²) in [5, 5.41) is 6.34. The van der Waals surface area contributed by atoms with E-state index < -0.39 is 0 Å². The van der Waals surface area contributed by atoms with Gasteiger partial charge in [-0.1, -0.05) is 13.8 Å². The summed E-state index contributed by atoms with van der Waals surface area (Å²) >= 11 is 1.62. The Kier molecular flexibility index (Phi) is 5.54. The zero-order chi connectivity index (χ0) is 17.9. The fraction of sp³-hybridized carbons (Fsp3) is 0.611. The number of carbonyl (C=O) groups is 1. The largest absolute Gasteiger partial charge is 0.355 e. The van der Waals surface area contributed by atoms with Crippen molar-refractivity contribution in [2.24, 2.45) is 11.7 Å². The average molecular weight is 362 g/mol. The molecule has 1 amide bonds. The van der Waals surface area contributed by atoms with Gasteiger partial charge in [0.25, 0.3) is 0 Å². The first-order chi connectivity index (χ1) is 12.1. The quantitative estimate of drug-likeness (QED) is 0.826. The smallest absolute Gasteiger partial charge is 0.225 e. The second kappa shape index (κ2) is 7.66. The molecule has 1 aliphatic rings. The van der Waals surface area contributed by atoms with E-state index in [1.54, 1.807) is 17.7 Å². The minimum atomic E-state index is -0.283. The first kappa shape index (κ1) is 18.1. The van der Waals surface area contributed by atoms with Crippen molar-refractivity contribution in [1.29, 1.82) is 0 Å². The molecule has 25 heavy (non-hydrogen) atoms. The third-order valence-electron chi connectivity index (χ3n) is 5.47. The highest BCUT2D eigenvalue weighted by Crippen LogP contribution is 2.30. The molecule has 1 fully saturated rings. The Bertz CT molecular complexity index is 719. The summed E-state index contributed by atoms with van der Waals surface area (Å²) in [6.45, 7) is 6.26. The standard InChI is InChI=1S/C18H27N5OS/c1-3-18(4-2,11-19)22-16(24)13-6-5-8-23(10-13)15-14-7-9-25-17(14)21-12-20-15/h7,9,12-13H,3-6,8,10-11,19H2,1-2H3,(H,22,24). The first-order valence-electron chi connectivity index (χ1n) is 9.07. The van der Waals surface area contributed by atoms with Crippen LogP contribution in [0.15, 0.2) is 17.8 Å². The first-order valence-corrected chi connectivity index (χ1v) is 9.95. The summed E-state index contributed by atoms with van der Waals surface area (Å²) < 4.78 is 0. The van der Waals surface area contributed by atoms with Crippen molar-refractivity contribution in [1.82, 2.24) is 15.3 Å². The predicted octanol–water partition coefficient (Wildman–Crippen LogP) is 2.54. The molecule has 0 aliphatic carbocycles. The molecule has 3 heterocycles. The van der Waals surface area contributed by atoms with Crippen LogP contribution in [-0.4, -0.2) is 41.0 Å². The summed E-state index contributed by atoms with van der Waals surface area (Å²) in [5.41, 5.74) is 5.65. The molecule has 1 saturated heterocycles. The number of rotatable bonds is 6. The number of nitrogens with one attached hydrogen (secondary N) is 1. The Morgan fingerprint density at radius 3 is 2.96 bits per heavy atom. The minimum Gasteiger partial charge on any atom is -0.355 e. The number of hydrogen-bond donors (Lipinski definition) is 2. The van der Waals surface area contributed by atoms with Crippen molar-refractivity contribution < 1.29 is 4.79 Å². The molecule has 0 saturated carbocycles. The lowest BCUT2D eigenvalue weighted by atomic mass is 9.90. The maximum atomic E-state index is 12.9. The fourth-order valence-electron chi connectivity index (χ4n) is 3.54. The van der Waals surface area contributed by atoms with Gasteiger partial charge in [-0.05, 0) is 37.1 Å². The van der Waals surface area contributed by atoms with Crippen LogP contribution in [0.25, 0.3) is 10.2 Å². The van der Waals surface area contributed by atoms with Crippen molar-refractivity contribution in [3.63, 3.8) is 0 Å². The van der Waals surface area contributed by atoms with Crippen LogP contribution in [0.3, 0.4) is 0 Å². The Balaban J connectivity index is 1.75. The van der Waals surface area contributed by atoms with Gasteiger partial charge in [-0.2, -0.15) is 0 Å². The molecule has 6 nitrogen and oxygen atoms in total. The van der Waals surface area contributed by atoms with Crippen LogP contribution >= 0.6 is 11.3 Å². The molecule has 0 radical (unpaired) electrons. The molecule has 0 spiro atoms. The van der Waals surface area contributed by atoms with Gasteiger partial charge in [-0.15, -0.1) is 11.3 Å². The number of amides is 1. The van der Waals surface area contributed by atoms with E-state index in [0.717, 1.165) is 48.3 Å². The van der Waals surface area contributed by atoms with Crippen LogP contribution in [0.4, 0.5) is 5.82 Å². The van der Waals surface area contributed by atoms with Gasteiger partial charge in [0.05, 0.1) is 16.8 Å². The van der Waals surface area contributed by atoms with Crippen LogP contribution in [0.2, 0.25) is 0 Å². The number of nitrogens with two attached hydrogens (primary N) is 1. The van der Waals surface area contributed by atoms with Crippen LogP contribution < -0.4 is 16.0 Å².